The molecule has 0 aliphatic heterocycles. The number of methoxy groups -OCH3 is 2. The van der Waals surface area contributed by atoms with Gasteiger partial charge in [0.1, 0.15) is 18.1 Å². The predicted octanol–water partition coefficient (Wildman–Crippen LogP) is 4.41. The van der Waals surface area contributed by atoms with Gasteiger partial charge in [-0.15, -0.1) is 0 Å². The third kappa shape index (κ3) is 5.93. The number of nitrogens with zero attached hydrogens (tertiary/aromatic N) is 4. The summed E-state index contributed by atoms with van der Waals surface area (Å²) in [6.45, 7) is 5.11. The summed E-state index contributed by atoms with van der Waals surface area (Å²) in [5.74, 6) is 0.758. The number of benzene rings is 2. The standard InChI is InChI=1S/C28H30N4O6S/c1-18-16-29-24(19(2)26(18)37-5)17-39(35)27-30-23-12-11-22(36-4)15-25(23)32(27)28(34)31(13-14-38-20(3)33)21-9-7-6-8-10-21/h6-12,15-16H,13-14,17H2,1-5H3. The Morgan fingerprint density at radius 1 is 1.05 bits per heavy atom. The quantitative estimate of drug-likeness (QED) is 0.282. The highest BCUT2D eigenvalue weighted by molar-refractivity contribution is 7.84. The van der Waals surface area contributed by atoms with Crippen molar-refractivity contribution in [3.05, 3.63) is 71.5 Å². The second kappa shape index (κ2) is 12.1. The fourth-order valence-corrected chi connectivity index (χ4v) is 5.50. The highest BCUT2D eigenvalue weighted by atomic mass is 32.2. The smallest absolute Gasteiger partial charge is 0.335 e. The third-order valence-electron chi connectivity index (χ3n) is 6.16. The number of carbonyl (C=O) groups is 2. The first-order valence-electron chi connectivity index (χ1n) is 12.2. The van der Waals surface area contributed by atoms with Crippen molar-refractivity contribution in [2.75, 3.05) is 32.3 Å². The Bertz CT molecular complexity index is 1540. The molecule has 204 valence electrons. The topological polar surface area (TPSA) is 113 Å². The van der Waals surface area contributed by atoms with Gasteiger partial charge in [-0.2, -0.15) is 0 Å². The van der Waals surface area contributed by atoms with Gasteiger partial charge in [0.2, 0.25) is 5.16 Å². The van der Waals surface area contributed by atoms with Crippen molar-refractivity contribution in [3.8, 4) is 11.5 Å². The van der Waals surface area contributed by atoms with E-state index in [1.807, 2.05) is 19.9 Å². The lowest BCUT2D eigenvalue weighted by molar-refractivity contribution is -0.140. The van der Waals surface area contributed by atoms with Crippen LogP contribution in [0.25, 0.3) is 11.0 Å². The number of ether oxygens (including phenoxy) is 3. The maximum Gasteiger partial charge on any atom is 0.335 e. The van der Waals surface area contributed by atoms with Crippen molar-refractivity contribution in [3.63, 3.8) is 0 Å². The third-order valence-corrected chi connectivity index (χ3v) is 7.38. The van der Waals surface area contributed by atoms with Crippen LogP contribution in [0.15, 0.2) is 59.9 Å². The number of esters is 1. The number of anilines is 1. The van der Waals surface area contributed by atoms with E-state index in [1.54, 1.807) is 55.8 Å². The van der Waals surface area contributed by atoms with Crippen molar-refractivity contribution in [2.45, 2.75) is 31.7 Å². The molecule has 2 aromatic carbocycles. The van der Waals surface area contributed by atoms with Crippen LogP contribution in [0.5, 0.6) is 11.5 Å². The van der Waals surface area contributed by atoms with Crippen LogP contribution in [-0.2, 0) is 26.1 Å². The van der Waals surface area contributed by atoms with Crippen molar-refractivity contribution >= 4 is 39.5 Å². The number of amides is 1. The Hall–Kier alpha value is -4.25. The molecule has 0 bridgehead atoms. The average Bonchev–Trinajstić information content (AvgIpc) is 3.32. The molecule has 4 aromatic rings. The number of hydrogen-bond donors (Lipinski definition) is 0. The average molecular weight is 551 g/mol. The summed E-state index contributed by atoms with van der Waals surface area (Å²) in [6.07, 6.45) is 1.67. The summed E-state index contributed by atoms with van der Waals surface area (Å²) in [4.78, 5) is 36.1. The molecule has 4 rings (SSSR count). The summed E-state index contributed by atoms with van der Waals surface area (Å²) in [5, 5.41) is 0.0670. The minimum absolute atomic E-state index is 0.0172. The van der Waals surface area contributed by atoms with E-state index in [4.69, 9.17) is 14.2 Å². The monoisotopic (exact) mass is 550 g/mol. The number of hydrogen-bond acceptors (Lipinski definition) is 8. The van der Waals surface area contributed by atoms with Gasteiger partial charge in [0.15, 0.2) is 0 Å². The number of carbonyl (C=O) groups excluding carboxylic acids is 2. The van der Waals surface area contributed by atoms with Crippen molar-refractivity contribution < 1.29 is 28.0 Å². The molecule has 0 aliphatic rings. The summed E-state index contributed by atoms with van der Waals surface area (Å²) < 4.78 is 31.2. The summed E-state index contributed by atoms with van der Waals surface area (Å²) in [5.41, 5.74) is 3.71. The number of aromatic nitrogens is 3. The highest BCUT2D eigenvalue weighted by Gasteiger charge is 2.27. The number of para-hydroxylation sites is 1. The minimum Gasteiger partial charge on any atom is -0.497 e. The van der Waals surface area contributed by atoms with Crippen LogP contribution in [0.4, 0.5) is 10.5 Å². The molecule has 0 saturated heterocycles. The van der Waals surface area contributed by atoms with Crippen LogP contribution >= 0.6 is 0 Å². The molecular weight excluding hydrogens is 520 g/mol. The first-order valence-corrected chi connectivity index (χ1v) is 13.5. The van der Waals surface area contributed by atoms with Crippen LogP contribution < -0.4 is 14.4 Å². The SMILES string of the molecule is COc1ccc2nc(S(=O)Cc3ncc(C)c(OC)c3C)n(C(=O)N(CCOC(C)=O)c3ccccc3)c2c1. The van der Waals surface area contributed by atoms with Gasteiger partial charge in [0.05, 0.1) is 54.0 Å². The van der Waals surface area contributed by atoms with Gasteiger partial charge >= 0.3 is 12.0 Å². The Balaban J connectivity index is 1.82. The van der Waals surface area contributed by atoms with Crippen LogP contribution in [0, 0.1) is 13.8 Å². The van der Waals surface area contributed by atoms with Gasteiger partial charge in [-0.25, -0.2) is 14.3 Å². The van der Waals surface area contributed by atoms with Crippen molar-refractivity contribution in [2.24, 2.45) is 0 Å². The van der Waals surface area contributed by atoms with Crippen LogP contribution in [-0.4, -0.2) is 58.1 Å². The van der Waals surface area contributed by atoms with Gasteiger partial charge in [0, 0.05) is 36.0 Å². The van der Waals surface area contributed by atoms with E-state index in [0.29, 0.717) is 33.9 Å². The highest BCUT2D eigenvalue weighted by Crippen LogP contribution is 2.29. The molecule has 0 N–H and O–H groups in total. The van der Waals surface area contributed by atoms with Gasteiger partial charge in [-0.1, -0.05) is 18.2 Å². The fraction of sp³-hybridized carbons (Fsp3) is 0.286. The van der Waals surface area contributed by atoms with Crippen LogP contribution in [0.2, 0.25) is 0 Å². The zero-order valence-electron chi connectivity index (χ0n) is 22.5. The molecule has 1 amide bonds. The first-order chi connectivity index (χ1) is 18.7. The van der Waals surface area contributed by atoms with Crippen LogP contribution in [0.3, 0.4) is 0 Å². The van der Waals surface area contributed by atoms with Gasteiger partial charge < -0.3 is 14.2 Å². The van der Waals surface area contributed by atoms with E-state index < -0.39 is 22.8 Å². The molecule has 0 radical (unpaired) electrons. The molecule has 0 fully saturated rings. The van der Waals surface area contributed by atoms with E-state index >= 15 is 0 Å². The second-order valence-corrected chi connectivity index (χ2v) is 10.1. The zero-order valence-corrected chi connectivity index (χ0v) is 23.3. The number of fused-ring (bicyclic) bond motifs is 1. The predicted molar refractivity (Wildman–Crippen MR) is 148 cm³/mol. The lowest BCUT2D eigenvalue weighted by Gasteiger charge is -2.24. The largest absolute Gasteiger partial charge is 0.497 e. The normalized spacial score (nSPS) is 11.7. The van der Waals surface area contributed by atoms with E-state index in [2.05, 4.69) is 9.97 Å². The molecule has 0 saturated carbocycles. The van der Waals surface area contributed by atoms with E-state index in [9.17, 15) is 13.8 Å². The lowest BCUT2D eigenvalue weighted by atomic mass is 10.1. The van der Waals surface area contributed by atoms with Crippen LogP contribution in [0.1, 0.15) is 23.7 Å². The Labute approximate surface area is 229 Å². The molecule has 1 atom stereocenters. The van der Waals surface area contributed by atoms with E-state index in [-0.39, 0.29) is 24.1 Å². The second-order valence-electron chi connectivity index (χ2n) is 8.73. The molecule has 0 spiro atoms. The maximum atomic E-state index is 14.2. The summed E-state index contributed by atoms with van der Waals surface area (Å²) in [6, 6.07) is 13.6. The Morgan fingerprint density at radius 2 is 1.79 bits per heavy atom. The molecular formula is C28H30N4O6S. The lowest BCUT2D eigenvalue weighted by Crippen LogP contribution is -2.38. The van der Waals surface area contributed by atoms with Gasteiger partial charge in [-0.3, -0.25) is 18.9 Å². The fourth-order valence-electron chi connectivity index (χ4n) is 4.25. The van der Waals surface area contributed by atoms with Crippen molar-refractivity contribution in [1.29, 1.82) is 0 Å². The Kier molecular flexibility index (Phi) is 8.60. The number of rotatable bonds is 9. The number of aryl methyl sites for hydroxylation is 1. The molecule has 0 aliphatic carbocycles. The molecule has 11 heteroatoms. The molecule has 2 heterocycles. The summed E-state index contributed by atoms with van der Waals surface area (Å²) in [7, 11) is 1.34. The summed E-state index contributed by atoms with van der Waals surface area (Å²) >= 11 is 0. The zero-order chi connectivity index (χ0) is 28.1. The molecule has 39 heavy (non-hydrogen) atoms. The minimum atomic E-state index is -1.76. The first kappa shape index (κ1) is 27.8. The van der Waals surface area contributed by atoms with Crippen molar-refractivity contribution in [1.82, 2.24) is 14.5 Å². The number of imidazole rings is 1. The molecule has 10 nitrogen and oxygen atoms in total. The van der Waals surface area contributed by atoms with E-state index in [0.717, 1.165) is 11.1 Å². The molecule has 1 unspecified atom stereocenters. The maximum absolute atomic E-state index is 14.2. The number of pyridine rings is 1. The van der Waals surface area contributed by atoms with Gasteiger partial charge in [-0.05, 0) is 38.1 Å². The molecule has 2 aromatic heterocycles. The Morgan fingerprint density at radius 3 is 2.46 bits per heavy atom. The van der Waals surface area contributed by atoms with E-state index in [1.165, 1.54) is 23.5 Å². The van der Waals surface area contributed by atoms with Gasteiger partial charge in [0.25, 0.3) is 0 Å².